The lowest BCUT2D eigenvalue weighted by Gasteiger charge is -2.32. The normalized spacial score (nSPS) is 16.5. The van der Waals surface area contributed by atoms with Crippen LogP contribution in [0.4, 0.5) is 18.0 Å². The number of aromatic nitrogens is 4. The lowest BCUT2D eigenvalue weighted by molar-refractivity contribution is -0.139. The maximum absolute atomic E-state index is 14.8. The molecule has 0 radical (unpaired) electrons. The molecule has 58 heavy (non-hydrogen) atoms. The summed E-state index contributed by atoms with van der Waals surface area (Å²) < 4.78 is 90.4. The zero-order valence-corrected chi connectivity index (χ0v) is 33.0. The highest BCUT2D eigenvalue weighted by Gasteiger charge is 2.40. The summed E-state index contributed by atoms with van der Waals surface area (Å²) in [6, 6.07) is 23.6. The van der Waals surface area contributed by atoms with Crippen LogP contribution in [0.2, 0.25) is 0 Å². The highest BCUT2D eigenvalue weighted by molar-refractivity contribution is 7.89. The minimum Gasteiger partial charge on any atom is -0.497 e. The molecule has 2 N–H and O–H groups in total. The van der Waals surface area contributed by atoms with Crippen LogP contribution < -0.4 is 19.5 Å². The third kappa shape index (κ3) is 10.4. The Morgan fingerprint density at radius 2 is 1.31 bits per heavy atom. The molecule has 0 saturated heterocycles. The van der Waals surface area contributed by atoms with Crippen LogP contribution in [-0.2, 0) is 42.3 Å². The molecule has 1 atom stereocenters. The molecule has 1 fully saturated rings. The Morgan fingerprint density at radius 1 is 0.810 bits per heavy atom. The Labute approximate surface area is 334 Å². The van der Waals surface area contributed by atoms with Gasteiger partial charge in [0.2, 0.25) is 10.0 Å². The number of carbonyl (C=O) groups is 1. The first-order valence-electron chi connectivity index (χ1n) is 18.6. The Kier molecular flexibility index (Phi) is 13.2. The van der Waals surface area contributed by atoms with Gasteiger partial charge in [0, 0.05) is 25.0 Å². The Morgan fingerprint density at radius 3 is 1.79 bits per heavy atom. The summed E-state index contributed by atoms with van der Waals surface area (Å²) in [7, 11) is -0.255. The summed E-state index contributed by atoms with van der Waals surface area (Å²) in [6.07, 6.45) is -3.79. The highest BCUT2D eigenvalue weighted by Crippen LogP contribution is 2.40. The molecule has 1 unspecified atom stereocenters. The molecule has 13 nitrogen and oxygen atoms in total. The van der Waals surface area contributed by atoms with Crippen molar-refractivity contribution in [1.29, 1.82) is 0 Å². The van der Waals surface area contributed by atoms with Crippen LogP contribution in [0.25, 0.3) is 0 Å². The molecule has 0 aliphatic heterocycles. The minimum atomic E-state index is -4.99. The number of nitrogens with one attached hydrogen (secondary N) is 1. The van der Waals surface area contributed by atoms with Crippen molar-refractivity contribution < 1.29 is 45.7 Å². The summed E-state index contributed by atoms with van der Waals surface area (Å²) in [5.74, 6) is 1.54. The molecular formula is C41H45F3N6O7S. The van der Waals surface area contributed by atoms with Crippen molar-refractivity contribution in [2.45, 2.75) is 74.8 Å². The number of hydrogen-bond acceptors (Lipinski definition) is 9. The van der Waals surface area contributed by atoms with Gasteiger partial charge >= 0.3 is 12.3 Å². The summed E-state index contributed by atoms with van der Waals surface area (Å²) in [5.41, 5.74) is 1.01. The van der Waals surface area contributed by atoms with Crippen LogP contribution in [0.1, 0.15) is 65.2 Å². The SMILES string of the molecule is COc1ccc(CN(Cc2ccc(OC)cc2)S(=O)(=O)c2cc(CC(c3nnn(Cc4ccc(OC)cc4)n3)C3CCC(NC(=O)O)CC3)ccc2C(F)(F)F)cc1. The van der Waals surface area contributed by atoms with Crippen molar-refractivity contribution in [2.75, 3.05) is 21.3 Å². The predicted octanol–water partition coefficient (Wildman–Crippen LogP) is 7.31. The molecule has 1 aliphatic carbocycles. The van der Waals surface area contributed by atoms with Gasteiger partial charge in [-0.05, 0) is 114 Å². The van der Waals surface area contributed by atoms with E-state index in [9.17, 15) is 31.5 Å². The monoisotopic (exact) mass is 822 g/mol. The van der Waals surface area contributed by atoms with E-state index >= 15 is 0 Å². The maximum atomic E-state index is 14.8. The first-order chi connectivity index (χ1) is 27.7. The third-order valence-corrected chi connectivity index (χ3v) is 12.2. The lowest BCUT2D eigenvalue weighted by atomic mass is 9.75. The average molecular weight is 823 g/mol. The van der Waals surface area contributed by atoms with Gasteiger partial charge in [-0.2, -0.15) is 22.3 Å². The van der Waals surface area contributed by atoms with Crippen LogP contribution in [0.5, 0.6) is 17.2 Å². The van der Waals surface area contributed by atoms with Crippen LogP contribution in [0, 0.1) is 5.92 Å². The number of rotatable bonds is 16. The van der Waals surface area contributed by atoms with Gasteiger partial charge in [0.1, 0.15) is 17.2 Å². The van der Waals surface area contributed by atoms with E-state index in [4.69, 9.17) is 19.3 Å². The molecule has 0 bridgehead atoms. The molecule has 1 aliphatic rings. The van der Waals surface area contributed by atoms with Gasteiger partial charge < -0.3 is 24.6 Å². The topological polar surface area (TPSA) is 158 Å². The van der Waals surface area contributed by atoms with E-state index in [0.29, 0.717) is 72.0 Å². The number of amides is 1. The van der Waals surface area contributed by atoms with Gasteiger partial charge in [-0.3, -0.25) is 0 Å². The molecule has 17 heteroatoms. The van der Waals surface area contributed by atoms with E-state index in [1.807, 2.05) is 24.3 Å². The summed E-state index contributed by atoms with van der Waals surface area (Å²) in [4.78, 5) is 11.9. The van der Waals surface area contributed by atoms with Crippen LogP contribution in [-0.4, -0.2) is 71.5 Å². The van der Waals surface area contributed by atoms with Crippen molar-refractivity contribution in [2.24, 2.45) is 5.92 Å². The number of carboxylic acid groups (broad SMARTS) is 1. The molecule has 5 aromatic rings. The van der Waals surface area contributed by atoms with Gasteiger partial charge in [-0.1, -0.05) is 42.5 Å². The Hall–Kier alpha value is -5.68. The van der Waals surface area contributed by atoms with Crippen molar-refractivity contribution >= 4 is 16.1 Å². The fraction of sp³-hybridized carbons (Fsp3) is 0.366. The van der Waals surface area contributed by atoms with E-state index in [0.717, 1.165) is 22.0 Å². The summed E-state index contributed by atoms with van der Waals surface area (Å²) >= 11 is 0. The molecular weight excluding hydrogens is 778 g/mol. The van der Waals surface area contributed by atoms with Crippen molar-refractivity contribution in [3.8, 4) is 17.2 Å². The van der Waals surface area contributed by atoms with E-state index in [1.54, 1.807) is 55.6 Å². The Balaban J connectivity index is 1.36. The largest absolute Gasteiger partial charge is 0.497 e. The van der Waals surface area contributed by atoms with E-state index in [-0.39, 0.29) is 31.5 Å². The minimum absolute atomic E-state index is 0.102. The smallest absolute Gasteiger partial charge is 0.417 e. The highest BCUT2D eigenvalue weighted by atomic mass is 32.2. The van der Waals surface area contributed by atoms with E-state index in [1.165, 1.54) is 25.1 Å². The summed E-state index contributed by atoms with van der Waals surface area (Å²) in [6.45, 7) is -0.158. The second-order valence-electron chi connectivity index (χ2n) is 14.2. The Bertz CT molecular complexity index is 2200. The van der Waals surface area contributed by atoms with Gasteiger partial charge in [0.15, 0.2) is 5.82 Å². The number of hydrogen-bond donors (Lipinski definition) is 2. The number of tetrazole rings is 1. The van der Waals surface area contributed by atoms with E-state index < -0.39 is 38.7 Å². The second kappa shape index (κ2) is 18.3. The van der Waals surface area contributed by atoms with Crippen molar-refractivity contribution in [3.63, 3.8) is 0 Å². The number of alkyl halides is 3. The third-order valence-electron chi connectivity index (χ3n) is 10.4. The summed E-state index contributed by atoms with van der Waals surface area (Å²) in [5, 5.41) is 25.2. The van der Waals surface area contributed by atoms with E-state index in [2.05, 4.69) is 15.6 Å². The second-order valence-corrected chi connectivity index (χ2v) is 16.1. The number of halogens is 3. The predicted molar refractivity (Wildman–Crippen MR) is 207 cm³/mol. The van der Waals surface area contributed by atoms with Gasteiger partial charge in [-0.15, -0.1) is 10.2 Å². The quantitative estimate of drug-likeness (QED) is 0.103. The molecule has 1 saturated carbocycles. The number of sulfonamides is 1. The molecule has 1 aromatic heterocycles. The zero-order chi connectivity index (χ0) is 41.5. The van der Waals surface area contributed by atoms with Gasteiger partial charge in [0.05, 0.1) is 38.3 Å². The molecule has 4 aromatic carbocycles. The molecule has 6 rings (SSSR count). The fourth-order valence-electron chi connectivity index (χ4n) is 7.30. The lowest BCUT2D eigenvalue weighted by Crippen LogP contribution is -2.37. The molecule has 1 amide bonds. The molecule has 0 spiro atoms. The molecule has 1 heterocycles. The maximum Gasteiger partial charge on any atom is 0.417 e. The standard InChI is InChI=1S/C41H45F3N6O7S/c1-55-33-15-4-27(5-16-33)24-49(25-28-6-17-34(56-2)18-7-28)58(53,54)38-23-30(10-21-37(38)41(42,43)44)22-36(31-11-13-32(14-12-31)45-40(51)52)39-46-48-50(47-39)26-29-8-19-35(57-3)20-9-29/h4-10,15-21,23,31-32,36,45H,11-14,22,24-26H2,1-3H3,(H,51,52). The van der Waals surface area contributed by atoms with Gasteiger partial charge in [0.25, 0.3) is 0 Å². The first-order valence-corrected chi connectivity index (χ1v) is 20.1. The van der Waals surface area contributed by atoms with Crippen LogP contribution in [0.15, 0.2) is 95.9 Å². The average Bonchev–Trinajstić information content (AvgIpc) is 3.68. The van der Waals surface area contributed by atoms with Crippen molar-refractivity contribution in [3.05, 3.63) is 125 Å². The van der Waals surface area contributed by atoms with Gasteiger partial charge in [-0.25, -0.2) is 13.2 Å². The van der Waals surface area contributed by atoms with Crippen LogP contribution >= 0.6 is 0 Å². The number of methoxy groups -OCH3 is 3. The number of nitrogens with zero attached hydrogens (tertiary/aromatic N) is 5. The number of ether oxygens (including phenoxy) is 3. The first kappa shape index (κ1) is 41.9. The van der Waals surface area contributed by atoms with Crippen LogP contribution in [0.3, 0.4) is 0 Å². The van der Waals surface area contributed by atoms with Crippen molar-refractivity contribution in [1.82, 2.24) is 29.8 Å². The fourth-order valence-corrected chi connectivity index (χ4v) is 8.98. The molecule has 308 valence electrons. The number of benzene rings is 4. The zero-order valence-electron chi connectivity index (χ0n) is 32.2.